The molecule has 12 rings (SSSR count). The van der Waals surface area contributed by atoms with Gasteiger partial charge in [-0.2, -0.15) is 0 Å². The van der Waals surface area contributed by atoms with Crippen LogP contribution in [0, 0.1) is 0 Å². The van der Waals surface area contributed by atoms with E-state index in [0.717, 1.165) is 61.6 Å². The Morgan fingerprint density at radius 2 is 0.738 bits per heavy atom. The molecule has 12 aromatic rings. The molecule has 61 heavy (non-hydrogen) atoms. The molecule has 286 valence electrons. The topological polar surface area (TPSA) is 25.5 Å². The van der Waals surface area contributed by atoms with Crippen LogP contribution in [-0.4, -0.2) is 14.0 Å². The molecule has 0 saturated carbocycles. The Kier molecular flexibility index (Phi) is 8.13. The van der Waals surface area contributed by atoms with Gasteiger partial charge < -0.3 is 4.90 Å². The summed E-state index contributed by atoms with van der Waals surface area (Å²) in [7, 11) is 0. The Bertz CT molecular complexity index is 3450. The van der Waals surface area contributed by atoms with Gasteiger partial charge in [0.2, 0.25) is 0 Å². The standard InChI is InChI=1S/C57H38N4/c1-3-13-39(14-4-1)41-23-31-45(32-24-41)59(46-33-25-42(26-34-46)40-15-5-2-6-16-40)47-35-27-43(28-36-47)44-29-37-48(38-30-44)60-53-21-11-9-19-51(53)55-49-17-7-8-18-50(49)56-58-52-20-10-12-22-54(52)61(56)57(55)60/h1-38H. The number of pyridine rings is 1. The molecule has 0 fully saturated rings. The van der Waals surface area contributed by atoms with Crippen LogP contribution in [0.1, 0.15) is 0 Å². The number of aromatic nitrogens is 3. The molecule has 4 nitrogen and oxygen atoms in total. The first-order valence-corrected chi connectivity index (χ1v) is 20.8. The van der Waals surface area contributed by atoms with Crippen molar-refractivity contribution in [2.24, 2.45) is 0 Å². The number of rotatable bonds is 7. The number of hydrogen-bond acceptors (Lipinski definition) is 2. The maximum Gasteiger partial charge on any atom is 0.147 e. The predicted molar refractivity (Wildman–Crippen MR) is 256 cm³/mol. The van der Waals surface area contributed by atoms with Gasteiger partial charge in [-0.15, -0.1) is 0 Å². The smallest absolute Gasteiger partial charge is 0.147 e. The van der Waals surface area contributed by atoms with E-state index >= 15 is 0 Å². The number of benzene rings is 9. The zero-order chi connectivity index (χ0) is 40.3. The van der Waals surface area contributed by atoms with E-state index in [1.165, 1.54) is 43.9 Å². The van der Waals surface area contributed by atoms with Crippen molar-refractivity contribution in [1.29, 1.82) is 0 Å². The second-order valence-corrected chi connectivity index (χ2v) is 15.6. The van der Waals surface area contributed by atoms with Gasteiger partial charge >= 0.3 is 0 Å². The van der Waals surface area contributed by atoms with Gasteiger partial charge in [-0.25, -0.2) is 4.98 Å². The summed E-state index contributed by atoms with van der Waals surface area (Å²) in [5.41, 5.74) is 16.9. The molecule has 0 aliphatic carbocycles. The molecule has 3 heterocycles. The first kappa shape index (κ1) is 34.8. The van der Waals surface area contributed by atoms with Crippen LogP contribution in [0.4, 0.5) is 17.1 Å². The van der Waals surface area contributed by atoms with E-state index in [1.54, 1.807) is 0 Å². The summed E-state index contributed by atoms with van der Waals surface area (Å²) < 4.78 is 4.77. The van der Waals surface area contributed by atoms with Crippen molar-refractivity contribution in [1.82, 2.24) is 14.0 Å². The third-order valence-corrected chi connectivity index (χ3v) is 12.1. The molecule has 0 spiro atoms. The number of hydrogen-bond donors (Lipinski definition) is 0. The summed E-state index contributed by atoms with van der Waals surface area (Å²) >= 11 is 0. The van der Waals surface area contributed by atoms with Gasteiger partial charge in [0.1, 0.15) is 11.3 Å². The summed E-state index contributed by atoms with van der Waals surface area (Å²) in [5.74, 6) is 0. The molecule has 0 aliphatic heterocycles. The van der Waals surface area contributed by atoms with E-state index in [1.807, 2.05) is 0 Å². The van der Waals surface area contributed by atoms with Crippen LogP contribution in [-0.2, 0) is 0 Å². The highest BCUT2D eigenvalue weighted by atomic mass is 15.1. The Morgan fingerprint density at radius 1 is 0.328 bits per heavy atom. The van der Waals surface area contributed by atoms with Gasteiger partial charge in [0.25, 0.3) is 0 Å². The van der Waals surface area contributed by atoms with Gasteiger partial charge in [0.05, 0.1) is 16.6 Å². The minimum absolute atomic E-state index is 0.971. The summed E-state index contributed by atoms with van der Waals surface area (Å²) in [5, 5.41) is 4.82. The molecule has 9 aromatic carbocycles. The maximum absolute atomic E-state index is 5.19. The molecule has 4 heteroatoms. The van der Waals surface area contributed by atoms with Crippen LogP contribution < -0.4 is 4.90 Å². The van der Waals surface area contributed by atoms with Crippen molar-refractivity contribution in [3.05, 3.63) is 231 Å². The molecule has 0 atom stereocenters. The van der Waals surface area contributed by atoms with Crippen molar-refractivity contribution in [3.63, 3.8) is 0 Å². The first-order chi connectivity index (χ1) is 30.3. The molecule has 0 amide bonds. The maximum atomic E-state index is 5.19. The Balaban J connectivity index is 0.941. The van der Waals surface area contributed by atoms with Crippen LogP contribution in [0.25, 0.3) is 88.5 Å². The van der Waals surface area contributed by atoms with Gasteiger partial charge in [0, 0.05) is 38.9 Å². The lowest BCUT2D eigenvalue weighted by atomic mass is 10.0. The minimum Gasteiger partial charge on any atom is -0.311 e. The molecule has 0 aliphatic rings. The summed E-state index contributed by atoms with van der Waals surface area (Å²) in [6.45, 7) is 0. The van der Waals surface area contributed by atoms with Crippen molar-refractivity contribution in [2.45, 2.75) is 0 Å². The third kappa shape index (κ3) is 5.80. The summed E-state index contributed by atoms with van der Waals surface area (Å²) in [6.07, 6.45) is 0. The molecule has 3 aromatic heterocycles. The summed E-state index contributed by atoms with van der Waals surface area (Å²) in [4.78, 5) is 7.53. The molecule has 0 saturated heterocycles. The van der Waals surface area contributed by atoms with Gasteiger partial charge in [-0.1, -0.05) is 164 Å². The van der Waals surface area contributed by atoms with E-state index in [-0.39, 0.29) is 0 Å². The van der Waals surface area contributed by atoms with Crippen LogP contribution in [0.2, 0.25) is 0 Å². The van der Waals surface area contributed by atoms with Gasteiger partial charge in [-0.05, 0) is 105 Å². The fourth-order valence-corrected chi connectivity index (χ4v) is 9.20. The highest BCUT2D eigenvalue weighted by Gasteiger charge is 2.21. The normalized spacial score (nSPS) is 11.6. The molecular formula is C57H38N4. The number of para-hydroxylation sites is 3. The van der Waals surface area contributed by atoms with Crippen molar-refractivity contribution in [3.8, 4) is 39.1 Å². The lowest BCUT2D eigenvalue weighted by molar-refractivity contribution is 1.11. The van der Waals surface area contributed by atoms with E-state index < -0.39 is 0 Å². The highest BCUT2D eigenvalue weighted by Crippen LogP contribution is 2.41. The average Bonchev–Trinajstić information content (AvgIpc) is 3.90. The van der Waals surface area contributed by atoms with Crippen LogP contribution in [0.15, 0.2) is 231 Å². The predicted octanol–water partition coefficient (Wildman–Crippen LogP) is 15.2. The third-order valence-electron chi connectivity index (χ3n) is 12.1. The lowest BCUT2D eigenvalue weighted by Crippen LogP contribution is -2.09. The minimum atomic E-state index is 0.971. The second-order valence-electron chi connectivity index (χ2n) is 15.6. The van der Waals surface area contributed by atoms with Crippen molar-refractivity contribution < 1.29 is 0 Å². The molecular weight excluding hydrogens is 741 g/mol. The van der Waals surface area contributed by atoms with Crippen molar-refractivity contribution in [2.75, 3.05) is 4.90 Å². The lowest BCUT2D eigenvalue weighted by Gasteiger charge is -2.26. The monoisotopic (exact) mass is 778 g/mol. The van der Waals surface area contributed by atoms with Crippen LogP contribution in [0.3, 0.4) is 0 Å². The zero-order valence-corrected chi connectivity index (χ0v) is 33.2. The Labute approximate surface area is 353 Å². The fourth-order valence-electron chi connectivity index (χ4n) is 9.20. The molecule has 0 bridgehead atoms. The van der Waals surface area contributed by atoms with Crippen molar-refractivity contribution >= 4 is 66.5 Å². The van der Waals surface area contributed by atoms with Gasteiger partial charge in [0.15, 0.2) is 0 Å². The van der Waals surface area contributed by atoms with Crippen LogP contribution >= 0.6 is 0 Å². The number of anilines is 3. The number of nitrogens with zero attached hydrogens (tertiary/aromatic N) is 4. The molecule has 0 unspecified atom stereocenters. The largest absolute Gasteiger partial charge is 0.311 e. The zero-order valence-electron chi connectivity index (χ0n) is 33.2. The first-order valence-electron chi connectivity index (χ1n) is 20.8. The highest BCUT2D eigenvalue weighted by molar-refractivity contribution is 6.24. The molecule has 0 N–H and O–H groups in total. The Morgan fingerprint density at radius 3 is 1.28 bits per heavy atom. The fraction of sp³-hybridized carbons (Fsp3) is 0. The average molecular weight is 779 g/mol. The van der Waals surface area contributed by atoms with E-state index in [0.29, 0.717) is 0 Å². The SMILES string of the molecule is c1ccc(-c2ccc(N(c3ccc(-c4ccccc4)cc3)c3ccc(-c4ccc(-n5c6ccccc6c6c7ccccc7c7nc8ccccc8n7c65)cc4)cc3)cc2)cc1. The van der Waals surface area contributed by atoms with Crippen LogP contribution in [0.5, 0.6) is 0 Å². The second kappa shape index (κ2) is 14.3. The summed E-state index contributed by atoms with van der Waals surface area (Å²) in [6, 6.07) is 82.7. The van der Waals surface area contributed by atoms with E-state index in [4.69, 9.17) is 4.98 Å². The van der Waals surface area contributed by atoms with E-state index in [9.17, 15) is 0 Å². The molecule has 0 radical (unpaired) electrons. The Hall–Kier alpha value is -8.21. The quantitative estimate of drug-likeness (QED) is 0.161. The van der Waals surface area contributed by atoms with Gasteiger partial charge in [-0.3, -0.25) is 8.97 Å². The van der Waals surface area contributed by atoms with E-state index in [2.05, 4.69) is 244 Å². The number of imidazole rings is 1. The number of fused-ring (bicyclic) bond motifs is 10.